The lowest BCUT2D eigenvalue weighted by atomic mass is 9.99. The highest BCUT2D eigenvalue weighted by Crippen LogP contribution is 2.24. The fraction of sp³-hybridized carbons (Fsp3) is 0.417. The van der Waals surface area contributed by atoms with Crippen molar-refractivity contribution >= 4 is 11.7 Å². The molecular formula is C12H16FNO3. The number of hydrogen-bond donors (Lipinski definition) is 2. The molecule has 1 atom stereocenters. The van der Waals surface area contributed by atoms with Crippen molar-refractivity contribution < 1.29 is 19.0 Å². The van der Waals surface area contributed by atoms with Gasteiger partial charge in [-0.1, -0.05) is 6.92 Å². The lowest BCUT2D eigenvalue weighted by molar-refractivity contribution is -0.141. The molecular weight excluding hydrogens is 225 g/mol. The maximum atomic E-state index is 13.4. The number of methoxy groups -OCH3 is 1. The van der Waals surface area contributed by atoms with Gasteiger partial charge in [0.1, 0.15) is 5.54 Å². The lowest BCUT2D eigenvalue weighted by Crippen LogP contribution is -2.42. The van der Waals surface area contributed by atoms with Gasteiger partial charge in [-0.25, -0.2) is 9.18 Å². The molecule has 0 aliphatic heterocycles. The van der Waals surface area contributed by atoms with Gasteiger partial charge in [0, 0.05) is 11.8 Å². The highest BCUT2D eigenvalue weighted by Gasteiger charge is 2.30. The lowest BCUT2D eigenvalue weighted by Gasteiger charge is -2.26. The Labute approximate surface area is 99.4 Å². The highest BCUT2D eigenvalue weighted by atomic mass is 19.1. The third kappa shape index (κ3) is 2.87. The minimum Gasteiger partial charge on any atom is -0.494 e. The molecule has 0 bridgehead atoms. The normalized spacial score (nSPS) is 13.9. The quantitative estimate of drug-likeness (QED) is 0.831. The number of nitrogens with one attached hydrogen (secondary N) is 1. The van der Waals surface area contributed by atoms with Crippen LogP contribution in [0.5, 0.6) is 5.75 Å². The summed E-state index contributed by atoms with van der Waals surface area (Å²) in [6, 6.07) is 4.25. The van der Waals surface area contributed by atoms with Gasteiger partial charge in [0.05, 0.1) is 7.11 Å². The standard InChI is InChI=1S/C12H16FNO3/c1-4-12(2,11(15)16)14-8-5-6-10(17-3)9(13)7-8/h5-7,14H,4H2,1-3H3,(H,15,16). The van der Waals surface area contributed by atoms with E-state index >= 15 is 0 Å². The van der Waals surface area contributed by atoms with Crippen LogP contribution in [0.15, 0.2) is 18.2 Å². The fourth-order valence-corrected chi connectivity index (χ4v) is 1.36. The van der Waals surface area contributed by atoms with Crippen molar-refractivity contribution in [2.24, 2.45) is 0 Å². The van der Waals surface area contributed by atoms with Crippen molar-refractivity contribution in [2.75, 3.05) is 12.4 Å². The summed E-state index contributed by atoms with van der Waals surface area (Å²) in [5.41, 5.74) is -0.698. The molecule has 1 aromatic carbocycles. The molecule has 5 heteroatoms. The van der Waals surface area contributed by atoms with E-state index in [0.717, 1.165) is 0 Å². The average Bonchev–Trinajstić information content (AvgIpc) is 2.29. The summed E-state index contributed by atoms with van der Waals surface area (Å²) in [6.45, 7) is 3.30. The number of carbonyl (C=O) groups is 1. The van der Waals surface area contributed by atoms with E-state index in [1.807, 2.05) is 0 Å². The summed E-state index contributed by atoms with van der Waals surface area (Å²) in [7, 11) is 1.37. The van der Waals surface area contributed by atoms with Gasteiger partial charge in [0.15, 0.2) is 11.6 Å². The number of benzene rings is 1. The Bertz CT molecular complexity index is 422. The van der Waals surface area contributed by atoms with Gasteiger partial charge >= 0.3 is 5.97 Å². The predicted octanol–water partition coefficient (Wildman–Crippen LogP) is 2.50. The van der Waals surface area contributed by atoms with Crippen LogP contribution in [0, 0.1) is 5.82 Å². The molecule has 4 nitrogen and oxygen atoms in total. The molecule has 1 rings (SSSR count). The Hall–Kier alpha value is -1.78. The summed E-state index contributed by atoms with van der Waals surface area (Å²) in [6.07, 6.45) is 0.385. The van der Waals surface area contributed by atoms with E-state index in [1.165, 1.54) is 19.2 Å². The Morgan fingerprint density at radius 3 is 2.65 bits per heavy atom. The zero-order valence-corrected chi connectivity index (χ0v) is 10.1. The van der Waals surface area contributed by atoms with Crippen LogP contribution in [-0.4, -0.2) is 23.7 Å². The molecule has 0 spiro atoms. The summed E-state index contributed by atoms with van der Waals surface area (Å²) in [5.74, 6) is -1.37. The number of aliphatic carboxylic acids is 1. The van der Waals surface area contributed by atoms with Crippen LogP contribution in [0.4, 0.5) is 10.1 Å². The average molecular weight is 241 g/mol. The Morgan fingerprint density at radius 1 is 1.59 bits per heavy atom. The van der Waals surface area contributed by atoms with Crippen molar-refractivity contribution in [3.63, 3.8) is 0 Å². The van der Waals surface area contributed by atoms with Crippen LogP contribution in [0.2, 0.25) is 0 Å². The first-order valence-corrected chi connectivity index (χ1v) is 5.28. The summed E-state index contributed by atoms with van der Waals surface area (Å²) >= 11 is 0. The monoisotopic (exact) mass is 241 g/mol. The number of rotatable bonds is 5. The molecule has 0 aliphatic carbocycles. The number of carboxylic acids is 1. The van der Waals surface area contributed by atoms with Gasteiger partial charge < -0.3 is 15.2 Å². The van der Waals surface area contributed by atoms with E-state index in [9.17, 15) is 9.18 Å². The van der Waals surface area contributed by atoms with E-state index in [0.29, 0.717) is 12.1 Å². The first kappa shape index (κ1) is 13.3. The van der Waals surface area contributed by atoms with Crippen LogP contribution in [0.1, 0.15) is 20.3 Å². The van der Waals surface area contributed by atoms with Crippen molar-refractivity contribution in [3.05, 3.63) is 24.0 Å². The summed E-state index contributed by atoms with van der Waals surface area (Å²) in [5, 5.41) is 11.9. The molecule has 1 aromatic rings. The molecule has 17 heavy (non-hydrogen) atoms. The first-order valence-electron chi connectivity index (χ1n) is 5.28. The van der Waals surface area contributed by atoms with Crippen molar-refractivity contribution in [2.45, 2.75) is 25.8 Å². The molecule has 2 N–H and O–H groups in total. The first-order chi connectivity index (χ1) is 7.92. The fourth-order valence-electron chi connectivity index (χ4n) is 1.36. The Morgan fingerprint density at radius 2 is 2.24 bits per heavy atom. The molecule has 1 unspecified atom stereocenters. The minimum atomic E-state index is -1.11. The zero-order valence-electron chi connectivity index (χ0n) is 10.1. The van der Waals surface area contributed by atoms with Gasteiger partial charge in [-0.3, -0.25) is 0 Å². The highest BCUT2D eigenvalue weighted by molar-refractivity contribution is 5.82. The molecule has 0 heterocycles. The number of anilines is 1. The van der Waals surface area contributed by atoms with E-state index in [-0.39, 0.29) is 5.75 Å². The molecule has 94 valence electrons. The number of carboxylic acid groups (broad SMARTS) is 1. The van der Waals surface area contributed by atoms with Gasteiger partial charge in [-0.15, -0.1) is 0 Å². The SMILES string of the molecule is CCC(C)(Nc1ccc(OC)c(F)c1)C(=O)O. The maximum Gasteiger partial charge on any atom is 0.329 e. The van der Waals surface area contributed by atoms with Gasteiger partial charge in [-0.2, -0.15) is 0 Å². The second-order valence-electron chi connectivity index (χ2n) is 3.97. The van der Waals surface area contributed by atoms with Gasteiger partial charge in [-0.05, 0) is 25.5 Å². The van der Waals surface area contributed by atoms with Crippen molar-refractivity contribution in [3.8, 4) is 5.75 Å². The number of halogens is 1. The topological polar surface area (TPSA) is 58.6 Å². The molecule has 0 amide bonds. The van der Waals surface area contributed by atoms with Crippen LogP contribution < -0.4 is 10.1 Å². The predicted molar refractivity (Wildman–Crippen MR) is 62.9 cm³/mol. The second kappa shape index (κ2) is 5.03. The molecule has 0 fully saturated rings. The third-order valence-electron chi connectivity index (χ3n) is 2.75. The molecule has 0 aliphatic rings. The smallest absolute Gasteiger partial charge is 0.329 e. The maximum absolute atomic E-state index is 13.4. The largest absolute Gasteiger partial charge is 0.494 e. The van der Waals surface area contributed by atoms with E-state index in [2.05, 4.69) is 5.32 Å². The van der Waals surface area contributed by atoms with Gasteiger partial charge in [0.25, 0.3) is 0 Å². The summed E-state index contributed by atoms with van der Waals surface area (Å²) < 4.78 is 18.2. The zero-order chi connectivity index (χ0) is 13.1. The van der Waals surface area contributed by atoms with Crippen LogP contribution in [-0.2, 0) is 4.79 Å². The molecule has 0 radical (unpaired) electrons. The Kier molecular flexibility index (Phi) is 3.93. The van der Waals surface area contributed by atoms with E-state index < -0.39 is 17.3 Å². The van der Waals surface area contributed by atoms with Crippen LogP contribution in [0.25, 0.3) is 0 Å². The minimum absolute atomic E-state index is 0.129. The van der Waals surface area contributed by atoms with Crippen LogP contribution >= 0.6 is 0 Å². The Balaban J connectivity index is 2.95. The molecule has 0 saturated carbocycles. The van der Waals surface area contributed by atoms with E-state index in [1.54, 1.807) is 19.9 Å². The van der Waals surface area contributed by atoms with Crippen molar-refractivity contribution in [1.82, 2.24) is 0 Å². The van der Waals surface area contributed by atoms with E-state index in [4.69, 9.17) is 9.84 Å². The van der Waals surface area contributed by atoms with Gasteiger partial charge in [0.2, 0.25) is 0 Å². The van der Waals surface area contributed by atoms with Crippen LogP contribution in [0.3, 0.4) is 0 Å². The third-order valence-corrected chi connectivity index (χ3v) is 2.75. The molecule has 0 saturated heterocycles. The number of hydrogen-bond acceptors (Lipinski definition) is 3. The summed E-state index contributed by atoms with van der Waals surface area (Å²) in [4.78, 5) is 11.1. The second-order valence-corrected chi connectivity index (χ2v) is 3.97. The van der Waals surface area contributed by atoms with Crippen molar-refractivity contribution in [1.29, 1.82) is 0 Å². The molecule has 0 aromatic heterocycles. The number of ether oxygens (including phenoxy) is 1.